The normalized spacial score (nSPS) is 10.8. The minimum atomic E-state index is -0.502. The van der Waals surface area contributed by atoms with E-state index in [2.05, 4.69) is 31.6 Å². The quantitative estimate of drug-likeness (QED) is 0.295. The van der Waals surface area contributed by atoms with Gasteiger partial charge in [0.2, 0.25) is 0 Å². The Labute approximate surface area is 185 Å². The number of aromatic nitrogens is 2. The summed E-state index contributed by atoms with van der Waals surface area (Å²) in [6.07, 6.45) is 3.10. The summed E-state index contributed by atoms with van der Waals surface area (Å²) in [5, 5.41) is 19.0. The number of carbonyl (C=O) groups is 1. The Hall–Kier alpha value is -3.73. The van der Waals surface area contributed by atoms with E-state index < -0.39 is 10.8 Å². The Balaban J connectivity index is 1.67. The van der Waals surface area contributed by atoms with Gasteiger partial charge in [-0.15, -0.1) is 0 Å². The third-order valence-corrected chi connectivity index (χ3v) is 4.81. The van der Waals surface area contributed by atoms with Gasteiger partial charge in [-0.05, 0) is 33.6 Å². The molecule has 0 atom stereocenters. The maximum Gasteiger partial charge on any atom is 0.293 e. The highest BCUT2D eigenvalue weighted by atomic mass is 79.9. The average molecular weight is 488 g/mol. The number of hydrazone groups is 1. The summed E-state index contributed by atoms with van der Waals surface area (Å²) >= 11 is 3.32. The van der Waals surface area contributed by atoms with Crippen LogP contribution in [0.2, 0.25) is 0 Å². The number of hydrogen-bond acceptors (Lipinski definition) is 7. The summed E-state index contributed by atoms with van der Waals surface area (Å²) in [5.74, 6) is 0.685. The van der Waals surface area contributed by atoms with E-state index in [9.17, 15) is 14.9 Å². The molecular weight excluding hydrogens is 470 g/mol. The summed E-state index contributed by atoms with van der Waals surface area (Å²) in [6.45, 7) is 0.343. The first-order chi connectivity index (χ1) is 14.9. The number of nitrogens with one attached hydrogen (secondary N) is 1. The van der Waals surface area contributed by atoms with Gasteiger partial charge in [0.25, 0.3) is 11.6 Å². The van der Waals surface area contributed by atoms with Crippen LogP contribution in [-0.2, 0) is 6.54 Å². The van der Waals surface area contributed by atoms with Crippen LogP contribution in [0.15, 0.2) is 58.2 Å². The standard InChI is InChI=1S/C20H18BrN5O5/c1-30-16-8-5-14(18(9-16)31-2)10-22-23-20(27)19-17(21)12-25(24-19)11-13-3-6-15(7-4-13)26(28)29/h3-10,12H,11H2,1-2H3,(H,23,27)/b22-10-. The predicted octanol–water partition coefficient (Wildman–Crippen LogP) is 3.38. The number of benzene rings is 2. The lowest BCUT2D eigenvalue weighted by Gasteiger charge is -2.06. The highest BCUT2D eigenvalue weighted by Crippen LogP contribution is 2.23. The van der Waals surface area contributed by atoms with Crippen molar-refractivity contribution < 1.29 is 19.2 Å². The van der Waals surface area contributed by atoms with Crippen LogP contribution in [0.4, 0.5) is 5.69 Å². The zero-order valence-electron chi connectivity index (χ0n) is 16.6. The van der Waals surface area contributed by atoms with Crippen molar-refractivity contribution in [2.24, 2.45) is 5.10 Å². The van der Waals surface area contributed by atoms with Gasteiger partial charge in [0.15, 0.2) is 5.69 Å². The lowest BCUT2D eigenvalue weighted by atomic mass is 10.2. The molecule has 0 aliphatic rings. The second-order valence-electron chi connectivity index (χ2n) is 6.25. The Morgan fingerprint density at radius 2 is 2.00 bits per heavy atom. The molecular formula is C20H18BrN5O5. The second-order valence-corrected chi connectivity index (χ2v) is 7.11. The molecule has 1 N–H and O–H groups in total. The van der Waals surface area contributed by atoms with Gasteiger partial charge in [-0.2, -0.15) is 10.2 Å². The smallest absolute Gasteiger partial charge is 0.293 e. The van der Waals surface area contributed by atoms with Gasteiger partial charge in [-0.1, -0.05) is 12.1 Å². The Bertz CT molecular complexity index is 1130. The fraction of sp³-hybridized carbons (Fsp3) is 0.150. The number of nitro benzene ring substituents is 1. The summed E-state index contributed by atoms with van der Waals surface area (Å²) < 4.78 is 12.5. The van der Waals surface area contributed by atoms with Crippen LogP contribution in [0.1, 0.15) is 21.6 Å². The van der Waals surface area contributed by atoms with Crippen LogP contribution < -0.4 is 14.9 Å². The van der Waals surface area contributed by atoms with Gasteiger partial charge in [0, 0.05) is 30.0 Å². The van der Waals surface area contributed by atoms with Crippen LogP contribution in [0.5, 0.6) is 11.5 Å². The molecule has 0 saturated heterocycles. The highest BCUT2D eigenvalue weighted by Gasteiger charge is 2.15. The van der Waals surface area contributed by atoms with E-state index in [-0.39, 0.29) is 11.4 Å². The van der Waals surface area contributed by atoms with E-state index in [4.69, 9.17) is 9.47 Å². The topological polar surface area (TPSA) is 121 Å². The van der Waals surface area contributed by atoms with Gasteiger partial charge in [-0.25, -0.2) is 5.43 Å². The summed E-state index contributed by atoms with van der Waals surface area (Å²) in [5.41, 5.74) is 4.05. The fourth-order valence-electron chi connectivity index (χ4n) is 2.68. The lowest BCUT2D eigenvalue weighted by molar-refractivity contribution is -0.384. The maximum atomic E-state index is 12.4. The van der Waals surface area contributed by atoms with Crippen LogP contribution >= 0.6 is 15.9 Å². The van der Waals surface area contributed by atoms with E-state index in [1.807, 2.05) is 0 Å². The summed E-state index contributed by atoms with van der Waals surface area (Å²) in [7, 11) is 3.08. The Kier molecular flexibility index (Phi) is 6.98. The minimum Gasteiger partial charge on any atom is -0.497 e. The number of hydrogen-bond donors (Lipinski definition) is 1. The molecule has 11 heteroatoms. The van der Waals surface area contributed by atoms with Crippen molar-refractivity contribution in [2.45, 2.75) is 6.54 Å². The molecule has 3 rings (SSSR count). The van der Waals surface area contributed by atoms with E-state index in [0.717, 1.165) is 5.56 Å². The van der Waals surface area contributed by atoms with Gasteiger partial charge in [-0.3, -0.25) is 19.6 Å². The minimum absolute atomic E-state index is 0.0109. The predicted molar refractivity (Wildman–Crippen MR) is 117 cm³/mol. The Morgan fingerprint density at radius 3 is 2.65 bits per heavy atom. The molecule has 0 unspecified atom stereocenters. The molecule has 1 aromatic heterocycles. The van der Waals surface area contributed by atoms with Gasteiger partial charge in [0.1, 0.15) is 11.5 Å². The molecule has 2 aromatic carbocycles. The third-order valence-electron chi connectivity index (χ3n) is 4.23. The van der Waals surface area contributed by atoms with Gasteiger partial charge >= 0.3 is 0 Å². The summed E-state index contributed by atoms with van der Waals surface area (Å²) in [4.78, 5) is 22.7. The zero-order chi connectivity index (χ0) is 22.4. The maximum absolute atomic E-state index is 12.4. The second kappa shape index (κ2) is 9.85. The number of nitro groups is 1. The molecule has 0 saturated carbocycles. The lowest BCUT2D eigenvalue weighted by Crippen LogP contribution is -2.19. The van der Waals surface area contributed by atoms with E-state index in [0.29, 0.717) is 28.1 Å². The number of methoxy groups -OCH3 is 2. The molecule has 160 valence electrons. The molecule has 0 aliphatic carbocycles. The monoisotopic (exact) mass is 487 g/mol. The van der Waals surface area contributed by atoms with Crippen molar-refractivity contribution in [3.05, 3.63) is 80.1 Å². The average Bonchev–Trinajstić information content (AvgIpc) is 3.14. The van der Waals surface area contributed by atoms with Crippen molar-refractivity contribution >= 4 is 33.7 Å². The van der Waals surface area contributed by atoms with Crippen molar-refractivity contribution in [3.63, 3.8) is 0 Å². The third kappa shape index (κ3) is 5.45. The molecule has 0 spiro atoms. The highest BCUT2D eigenvalue weighted by molar-refractivity contribution is 9.10. The van der Waals surface area contributed by atoms with E-state index in [1.54, 1.807) is 48.3 Å². The number of non-ortho nitro benzene ring substituents is 1. The molecule has 31 heavy (non-hydrogen) atoms. The van der Waals surface area contributed by atoms with Crippen LogP contribution in [0.3, 0.4) is 0 Å². The van der Waals surface area contributed by atoms with E-state index in [1.165, 1.54) is 25.5 Å². The Morgan fingerprint density at radius 1 is 1.26 bits per heavy atom. The number of halogens is 1. The van der Waals surface area contributed by atoms with Crippen molar-refractivity contribution in [2.75, 3.05) is 14.2 Å². The molecule has 10 nitrogen and oxygen atoms in total. The molecule has 1 heterocycles. The fourth-order valence-corrected chi connectivity index (χ4v) is 3.18. The number of nitrogens with zero attached hydrogens (tertiary/aromatic N) is 4. The molecule has 1 amide bonds. The van der Waals surface area contributed by atoms with Crippen LogP contribution in [0.25, 0.3) is 0 Å². The molecule has 3 aromatic rings. The van der Waals surface area contributed by atoms with Crippen LogP contribution in [0, 0.1) is 10.1 Å². The molecule has 0 aliphatic heterocycles. The van der Waals surface area contributed by atoms with Crippen LogP contribution in [-0.4, -0.2) is 41.0 Å². The SMILES string of the molecule is COc1ccc(/C=N\NC(=O)c2nn(Cc3ccc([N+](=O)[O-])cc3)cc2Br)c(OC)c1. The van der Waals surface area contributed by atoms with Crippen molar-refractivity contribution in [3.8, 4) is 11.5 Å². The zero-order valence-corrected chi connectivity index (χ0v) is 18.2. The van der Waals surface area contributed by atoms with Gasteiger partial charge < -0.3 is 9.47 Å². The number of carbonyl (C=O) groups excluding carboxylic acids is 1. The van der Waals surface area contributed by atoms with Crippen molar-refractivity contribution in [1.82, 2.24) is 15.2 Å². The first kappa shape index (κ1) is 22.0. The number of amides is 1. The largest absolute Gasteiger partial charge is 0.497 e. The number of ether oxygens (including phenoxy) is 2. The van der Waals surface area contributed by atoms with Gasteiger partial charge in [0.05, 0.1) is 36.4 Å². The number of rotatable bonds is 8. The first-order valence-electron chi connectivity index (χ1n) is 8.93. The molecule has 0 bridgehead atoms. The van der Waals surface area contributed by atoms with Crippen molar-refractivity contribution in [1.29, 1.82) is 0 Å². The first-order valence-corrected chi connectivity index (χ1v) is 9.72. The molecule has 0 fully saturated rings. The molecule has 0 radical (unpaired) electrons. The summed E-state index contributed by atoms with van der Waals surface area (Å²) in [6, 6.07) is 11.3. The van der Waals surface area contributed by atoms with E-state index >= 15 is 0 Å².